The van der Waals surface area contributed by atoms with Crippen molar-refractivity contribution < 1.29 is 17.7 Å². The standard InChI is InChI=1S/C18H26N4O4S/c1-11(2)10-16(17(23)19-13(4)18-20-14(5)21-26-18)22-27(24,25)15-8-6-12(3)7-9-15/h6-9,11,13,16,22H,10H2,1-5H3,(H,19,23). The maximum Gasteiger partial charge on any atom is 0.248 e. The number of nitrogens with zero attached hydrogens (tertiary/aromatic N) is 2. The summed E-state index contributed by atoms with van der Waals surface area (Å²) in [7, 11) is -3.83. The van der Waals surface area contributed by atoms with Crippen LogP contribution in [0.25, 0.3) is 0 Å². The summed E-state index contributed by atoms with van der Waals surface area (Å²) in [5.74, 6) is 0.403. The van der Waals surface area contributed by atoms with Gasteiger partial charge in [0.25, 0.3) is 0 Å². The normalized spacial score (nSPS) is 14.1. The molecule has 1 amide bonds. The second-order valence-electron chi connectivity index (χ2n) is 7.03. The Morgan fingerprint density at radius 1 is 1.15 bits per heavy atom. The number of rotatable bonds is 8. The van der Waals surface area contributed by atoms with Crippen molar-refractivity contribution in [2.75, 3.05) is 0 Å². The first-order chi connectivity index (χ1) is 12.6. The van der Waals surface area contributed by atoms with Gasteiger partial charge in [-0.2, -0.15) is 9.71 Å². The molecule has 2 unspecified atom stereocenters. The average molecular weight is 394 g/mol. The molecule has 2 rings (SSSR count). The van der Waals surface area contributed by atoms with Crippen molar-refractivity contribution in [2.45, 2.75) is 58.0 Å². The van der Waals surface area contributed by atoms with E-state index in [4.69, 9.17) is 4.52 Å². The van der Waals surface area contributed by atoms with E-state index in [1.165, 1.54) is 12.1 Å². The second-order valence-corrected chi connectivity index (χ2v) is 8.74. The number of hydrogen-bond acceptors (Lipinski definition) is 6. The topological polar surface area (TPSA) is 114 Å². The van der Waals surface area contributed by atoms with Gasteiger partial charge in [0, 0.05) is 0 Å². The minimum atomic E-state index is -3.83. The van der Waals surface area contributed by atoms with Crippen molar-refractivity contribution in [1.82, 2.24) is 20.2 Å². The summed E-state index contributed by atoms with van der Waals surface area (Å²) in [5.41, 5.74) is 0.953. The second kappa shape index (κ2) is 8.62. The van der Waals surface area contributed by atoms with Crippen LogP contribution in [-0.4, -0.2) is 30.5 Å². The van der Waals surface area contributed by atoms with Crippen molar-refractivity contribution in [3.05, 3.63) is 41.5 Å². The van der Waals surface area contributed by atoms with Gasteiger partial charge in [0.05, 0.1) is 4.90 Å². The summed E-state index contributed by atoms with van der Waals surface area (Å²) in [6, 6.07) is 5.02. The highest BCUT2D eigenvalue weighted by Crippen LogP contribution is 2.15. The lowest BCUT2D eigenvalue weighted by molar-refractivity contribution is -0.123. The largest absolute Gasteiger partial charge is 0.343 e. The number of aromatic nitrogens is 2. The predicted octanol–water partition coefficient (Wildman–Crippen LogP) is 2.26. The van der Waals surface area contributed by atoms with Gasteiger partial charge in [0.2, 0.25) is 21.8 Å². The minimum absolute atomic E-state index is 0.113. The third kappa shape index (κ3) is 5.86. The highest BCUT2D eigenvalue weighted by molar-refractivity contribution is 7.89. The molecule has 0 aliphatic carbocycles. The molecule has 1 aromatic carbocycles. The third-order valence-electron chi connectivity index (χ3n) is 3.92. The highest BCUT2D eigenvalue weighted by atomic mass is 32.2. The average Bonchev–Trinajstić information content (AvgIpc) is 3.00. The number of amides is 1. The molecule has 0 radical (unpaired) electrons. The van der Waals surface area contributed by atoms with E-state index >= 15 is 0 Å². The first-order valence-electron chi connectivity index (χ1n) is 8.78. The summed E-state index contributed by atoms with van der Waals surface area (Å²) in [6.07, 6.45) is 0.354. The van der Waals surface area contributed by atoms with E-state index in [0.29, 0.717) is 12.2 Å². The van der Waals surface area contributed by atoms with Crippen LogP contribution in [0.4, 0.5) is 0 Å². The molecule has 2 aromatic rings. The predicted molar refractivity (Wildman–Crippen MR) is 100 cm³/mol. The van der Waals surface area contributed by atoms with Crippen LogP contribution in [0.5, 0.6) is 0 Å². The summed E-state index contributed by atoms with van der Waals surface area (Å²) in [4.78, 5) is 16.9. The minimum Gasteiger partial charge on any atom is -0.343 e. The lowest BCUT2D eigenvalue weighted by Gasteiger charge is -2.21. The van der Waals surface area contributed by atoms with Crippen molar-refractivity contribution in [3.8, 4) is 0 Å². The Hall–Kier alpha value is -2.26. The van der Waals surface area contributed by atoms with Crippen LogP contribution in [0.2, 0.25) is 0 Å². The smallest absolute Gasteiger partial charge is 0.248 e. The Bertz CT molecular complexity index is 875. The number of hydrogen-bond donors (Lipinski definition) is 2. The monoisotopic (exact) mass is 394 g/mol. The van der Waals surface area contributed by atoms with Crippen molar-refractivity contribution in [2.24, 2.45) is 5.92 Å². The third-order valence-corrected chi connectivity index (χ3v) is 5.41. The molecule has 9 heteroatoms. The Labute approximate surface area is 159 Å². The first-order valence-corrected chi connectivity index (χ1v) is 10.3. The van der Waals surface area contributed by atoms with Gasteiger partial charge in [-0.1, -0.05) is 36.7 Å². The SMILES string of the molecule is Cc1ccc(S(=O)(=O)NC(CC(C)C)C(=O)NC(C)c2nc(C)no2)cc1. The first kappa shape index (κ1) is 21.0. The fourth-order valence-electron chi connectivity index (χ4n) is 2.52. The van der Waals surface area contributed by atoms with Crippen LogP contribution in [0.15, 0.2) is 33.7 Å². The quantitative estimate of drug-likeness (QED) is 0.710. The Morgan fingerprint density at radius 2 is 1.78 bits per heavy atom. The maximum absolute atomic E-state index is 12.7. The van der Waals surface area contributed by atoms with Crippen LogP contribution in [0.3, 0.4) is 0 Å². The Kier molecular flexibility index (Phi) is 6.72. The molecule has 1 heterocycles. The Morgan fingerprint density at radius 3 is 2.30 bits per heavy atom. The zero-order chi connectivity index (χ0) is 20.2. The van der Waals surface area contributed by atoms with E-state index in [1.807, 2.05) is 20.8 Å². The van der Waals surface area contributed by atoms with Gasteiger partial charge < -0.3 is 9.84 Å². The van der Waals surface area contributed by atoms with Crippen LogP contribution in [-0.2, 0) is 14.8 Å². The molecule has 148 valence electrons. The molecule has 0 aliphatic heterocycles. The maximum atomic E-state index is 12.7. The molecule has 27 heavy (non-hydrogen) atoms. The van der Waals surface area contributed by atoms with Gasteiger partial charge in [-0.05, 0) is 45.2 Å². The number of aryl methyl sites for hydroxylation is 2. The summed E-state index contributed by atoms with van der Waals surface area (Å²) in [5, 5.41) is 6.43. The van der Waals surface area contributed by atoms with E-state index in [0.717, 1.165) is 5.56 Å². The number of nitrogens with one attached hydrogen (secondary N) is 2. The molecule has 2 N–H and O–H groups in total. The molecule has 0 bridgehead atoms. The zero-order valence-corrected chi connectivity index (χ0v) is 17.0. The van der Waals surface area contributed by atoms with Gasteiger partial charge in [-0.15, -0.1) is 0 Å². The number of benzene rings is 1. The van der Waals surface area contributed by atoms with Crippen LogP contribution < -0.4 is 10.0 Å². The fraction of sp³-hybridized carbons (Fsp3) is 0.500. The van der Waals surface area contributed by atoms with Crippen LogP contribution >= 0.6 is 0 Å². The molecule has 2 atom stereocenters. The summed E-state index contributed by atoms with van der Waals surface area (Å²) in [6.45, 7) is 9.10. The van der Waals surface area contributed by atoms with E-state index in [9.17, 15) is 13.2 Å². The van der Waals surface area contributed by atoms with Crippen LogP contribution in [0.1, 0.15) is 50.5 Å². The molecule has 0 spiro atoms. The molecular formula is C18H26N4O4S. The molecule has 8 nitrogen and oxygen atoms in total. The van der Waals surface area contributed by atoms with Crippen molar-refractivity contribution in [3.63, 3.8) is 0 Å². The lowest BCUT2D eigenvalue weighted by Crippen LogP contribution is -2.47. The van der Waals surface area contributed by atoms with E-state index in [-0.39, 0.29) is 16.7 Å². The van der Waals surface area contributed by atoms with E-state index in [1.54, 1.807) is 26.0 Å². The molecule has 0 saturated heterocycles. The number of carbonyl (C=O) groups is 1. The molecular weight excluding hydrogens is 368 g/mol. The lowest BCUT2D eigenvalue weighted by atomic mass is 10.0. The van der Waals surface area contributed by atoms with Gasteiger partial charge in [-0.3, -0.25) is 4.79 Å². The summed E-state index contributed by atoms with van der Waals surface area (Å²) < 4.78 is 32.9. The molecule has 0 saturated carbocycles. The van der Waals surface area contributed by atoms with Gasteiger partial charge in [-0.25, -0.2) is 8.42 Å². The van der Waals surface area contributed by atoms with E-state index in [2.05, 4.69) is 20.2 Å². The van der Waals surface area contributed by atoms with Crippen LogP contribution in [0, 0.1) is 19.8 Å². The van der Waals surface area contributed by atoms with E-state index < -0.39 is 28.0 Å². The molecule has 0 aliphatic rings. The highest BCUT2D eigenvalue weighted by Gasteiger charge is 2.28. The number of carbonyl (C=O) groups excluding carboxylic acids is 1. The number of sulfonamides is 1. The Balaban J connectivity index is 2.16. The van der Waals surface area contributed by atoms with Crippen molar-refractivity contribution >= 4 is 15.9 Å². The van der Waals surface area contributed by atoms with Crippen molar-refractivity contribution in [1.29, 1.82) is 0 Å². The van der Waals surface area contributed by atoms with Gasteiger partial charge in [0.1, 0.15) is 12.1 Å². The van der Waals surface area contributed by atoms with Gasteiger partial charge >= 0.3 is 0 Å². The van der Waals surface area contributed by atoms with Gasteiger partial charge in [0.15, 0.2) is 5.82 Å². The fourth-order valence-corrected chi connectivity index (χ4v) is 3.73. The zero-order valence-electron chi connectivity index (χ0n) is 16.2. The molecule has 0 fully saturated rings. The summed E-state index contributed by atoms with van der Waals surface area (Å²) >= 11 is 0. The molecule has 1 aromatic heterocycles.